The van der Waals surface area contributed by atoms with E-state index >= 15 is 0 Å². The monoisotopic (exact) mass is 500 g/mol. The number of aryl methyl sites for hydroxylation is 1. The molecule has 0 aliphatic rings. The summed E-state index contributed by atoms with van der Waals surface area (Å²) in [6, 6.07) is 17.0. The van der Waals surface area contributed by atoms with Gasteiger partial charge in [0.25, 0.3) is 0 Å². The summed E-state index contributed by atoms with van der Waals surface area (Å²) in [7, 11) is 3.53. The molecule has 202 valence electrons. The molecule has 0 saturated carbocycles. The van der Waals surface area contributed by atoms with E-state index in [0.717, 1.165) is 71.4 Å². The predicted molar refractivity (Wildman–Crippen MR) is 147 cm³/mol. The predicted octanol–water partition coefficient (Wildman–Crippen LogP) is 6.50. The Labute approximate surface area is 219 Å². The lowest BCUT2D eigenvalue weighted by atomic mass is 9.79. The van der Waals surface area contributed by atoms with Crippen LogP contribution in [0.5, 0.6) is 0 Å². The van der Waals surface area contributed by atoms with Gasteiger partial charge in [-0.25, -0.2) is 0 Å². The highest BCUT2D eigenvalue weighted by molar-refractivity contribution is 5.40. The molecule has 0 bridgehead atoms. The van der Waals surface area contributed by atoms with Crippen LogP contribution >= 0.6 is 0 Å². The normalized spacial score (nSPS) is 13.1. The van der Waals surface area contributed by atoms with Crippen LogP contribution < -0.4 is 0 Å². The van der Waals surface area contributed by atoms with E-state index in [1.807, 2.05) is 18.2 Å². The zero-order valence-electron chi connectivity index (χ0n) is 23.1. The van der Waals surface area contributed by atoms with Crippen LogP contribution in [0.15, 0.2) is 48.5 Å². The Morgan fingerprint density at radius 2 is 1.44 bits per heavy atom. The van der Waals surface area contributed by atoms with Gasteiger partial charge in [0.1, 0.15) is 0 Å². The molecule has 2 aromatic carbocycles. The van der Waals surface area contributed by atoms with Crippen molar-refractivity contribution in [2.75, 3.05) is 53.9 Å². The molecule has 5 heteroatoms. The molecule has 0 fully saturated rings. The van der Waals surface area contributed by atoms with Crippen LogP contribution in [0.1, 0.15) is 68.2 Å². The number of rotatable bonds is 21. The van der Waals surface area contributed by atoms with Crippen molar-refractivity contribution in [3.63, 3.8) is 0 Å². The number of ether oxygens (including phenoxy) is 5. The van der Waals surface area contributed by atoms with Crippen LogP contribution in [-0.4, -0.2) is 53.9 Å². The lowest BCUT2D eigenvalue weighted by Gasteiger charge is -2.37. The summed E-state index contributed by atoms with van der Waals surface area (Å²) in [6.45, 7) is 8.91. The third-order valence-corrected chi connectivity index (χ3v) is 6.67. The van der Waals surface area contributed by atoms with E-state index in [2.05, 4.69) is 44.2 Å². The summed E-state index contributed by atoms with van der Waals surface area (Å²) < 4.78 is 29.4. The Balaban J connectivity index is 2.27. The minimum Gasteiger partial charge on any atom is -0.385 e. The van der Waals surface area contributed by atoms with Crippen molar-refractivity contribution in [2.24, 2.45) is 0 Å². The number of methoxy groups -OCH3 is 2. The molecule has 1 atom stereocenters. The van der Waals surface area contributed by atoms with E-state index in [1.54, 1.807) is 14.2 Å². The summed E-state index contributed by atoms with van der Waals surface area (Å²) in [5.41, 5.74) is 4.84. The minimum absolute atomic E-state index is 0.394. The average molecular weight is 501 g/mol. The molecule has 0 heterocycles. The quantitative estimate of drug-likeness (QED) is 0.183. The molecule has 5 nitrogen and oxygen atoms in total. The van der Waals surface area contributed by atoms with Crippen molar-refractivity contribution in [2.45, 2.75) is 71.0 Å². The minimum atomic E-state index is -0.394. The second kappa shape index (κ2) is 18.5. The third-order valence-electron chi connectivity index (χ3n) is 6.67. The van der Waals surface area contributed by atoms with Crippen molar-refractivity contribution in [1.82, 2.24) is 0 Å². The molecule has 0 aromatic heterocycles. The lowest BCUT2D eigenvalue weighted by Crippen LogP contribution is -2.34. The first-order valence-electron chi connectivity index (χ1n) is 13.6. The van der Waals surface area contributed by atoms with Gasteiger partial charge >= 0.3 is 0 Å². The van der Waals surface area contributed by atoms with Crippen molar-refractivity contribution in [3.05, 3.63) is 70.8 Å². The highest BCUT2D eigenvalue weighted by Gasteiger charge is 2.35. The fourth-order valence-corrected chi connectivity index (χ4v) is 4.84. The summed E-state index contributed by atoms with van der Waals surface area (Å²) in [5.74, 6) is 0. The van der Waals surface area contributed by atoms with Gasteiger partial charge in [-0.2, -0.15) is 0 Å². The molecule has 0 N–H and O–H groups in total. The smallest absolute Gasteiger partial charge is 0.0936 e. The fraction of sp³-hybridized carbons (Fsp3) is 0.613. The third kappa shape index (κ3) is 10.3. The molecule has 36 heavy (non-hydrogen) atoms. The second-order valence-electron chi connectivity index (χ2n) is 9.17. The Kier molecular flexibility index (Phi) is 15.6. The Bertz CT molecular complexity index is 810. The van der Waals surface area contributed by atoms with Gasteiger partial charge in [0.2, 0.25) is 0 Å². The second-order valence-corrected chi connectivity index (χ2v) is 9.17. The van der Waals surface area contributed by atoms with E-state index in [0.29, 0.717) is 19.8 Å². The molecule has 2 rings (SSSR count). The Morgan fingerprint density at radius 1 is 0.694 bits per heavy atom. The zero-order valence-corrected chi connectivity index (χ0v) is 23.1. The molecule has 0 aliphatic carbocycles. The first-order chi connectivity index (χ1) is 17.7. The summed E-state index contributed by atoms with van der Waals surface area (Å²) in [5, 5.41) is 0. The van der Waals surface area contributed by atoms with Crippen molar-refractivity contribution >= 4 is 0 Å². The van der Waals surface area contributed by atoms with Crippen molar-refractivity contribution < 1.29 is 23.7 Å². The van der Waals surface area contributed by atoms with Gasteiger partial charge < -0.3 is 23.7 Å². The number of hydrogen-bond donors (Lipinski definition) is 0. The molecule has 0 saturated heterocycles. The summed E-state index contributed by atoms with van der Waals surface area (Å²) >= 11 is 0. The molecule has 0 amide bonds. The van der Waals surface area contributed by atoms with E-state index in [-0.39, 0.29) is 0 Å². The number of hydrogen-bond acceptors (Lipinski definition) is 5. The standard InChI is InChI=1S/C31H48O5/c1-5-28-16-12-17-30(29(28)18-23-34-6-2)31(20-13-22-33-4,19-10-11-21-32-3)36-25-24-35-26-27-14-8-7-9-15-27/h7-9,12,14-17H,5-6,10-11,13,18-26H2,1-4H3. The van der Waals surface area contributed by atoms with Gasteiger partial charge in [0, 0.05) is 34.0 Å². The van der Waals surface area contributed by atoms with Crippen LogP contribution in [0.2, 0.25) is 0 Å². The highest BCUT2D eigenvalue weighted by Crippen LogP contribution is 2.39. The Hall–Kier alpha value is -1.76. The van der Waals surface area contributed by atoms with Gasteiger partial charge in [-0.3, -0.25) is 0 Å². The highest BCUT2D eigenvalue weighted by atomic mass is 16.5. The van der Waals surface area contributed by atoms with Gasteiger partial charge in [0.05, 0.1) is 32.0 Å². The van der Waals surface area contributed by atoms with Crippen LogP contribution in [0.3, 0.4) is 0 Å². The Morgan fingerprint density at radius 3 is 2.17 bits per heavy atom. The summed E-state index contributed by atoms with van der Waals surface area (Å²) in [6.07, 6.45) is 6.71. The van der Waals surface area contributed by atoms with E-state index < -0.39 is 5.60 Å². The van der Waals surface area contributed by atoms with Gasteiger partial charge in [0.15, 0.2) is 0 Å². The fourth-order valence-electron chi connectivity index (χ4n) is 4.84. The van der Waals surface area contributed by atoms with Crippen molar-refractivity contribution in [1.29, 1.82) is 0 Å². The molecular formula is C31H48O5. The van der Waals surface area contributed by atoms with Crippen LogP contribution in [0.4, 0.5) is 0 Å². The first kappa shape index (κ1) is 30.5. The SMILES string of the molecule is CCOCCc1c(CC)cccc1C(CCCCOC)(CCCOC)OCCOCc1ccccc1. The summed E-state index contributed by atoms with van der Waals surface area (Å²) in [4.78, 5) is 0. The van der Waals surface area contributed by atoms with E-state index in [9.17, 15) is 0 Å². The first-order valence-corrected chi connectivity index (χ1v) is 13.6. The molecule has 0 radical (unpaired) electrons. The zero-order chi connectivity index (χ0) is 25.9. The van der Waals surface area contributed by atoms with E-state index in [4.69, 9.17) is 23.7 Å². The molecule has 0 spiro atoms. The van der Waals surface area contributed by atoms with E-state index in [1.165, 1.54) is 22.3 Å². The maximum atomic E-state index is 6.86. The van der Waals surface area contributed by atoms with Crippen molar-refractivity contribution in [3.8, 4) is 0 Å². The van der Waals surface area contributed by atoms with Gasteiger partial charge in [-0.1, -0.05) is 55.5 Å². The molecule has 1 unspecified atom stereocenters. The van der Waals surface area contributed by atoms with Crippen LogP contribution in [0.25, 0.3) is 0 Å². The molecular weight excluding hydrogens is 452 g/mol. The number of benzene rings is 2. The van der Waals surface area contributed by atoms with Gasteiger partial charge in [-0.15, -0.1) is 0 Å². The topological polar surface area (TPSA) is 46.2 Å². The lowest BCUT2D eigenvalue weighted by molar-refractivity contribution is -0.0898. The van der Waals surface area contributed by atoms with Crippen LogP contribution in [0, 0.1) is 0 Å². The maximum absolute atomic E-state index is 6.86. The van der Waals surface area contributed by atoms with Crippen LogP contribution in [-0.2, 0) is 48.7 Å². The maximum Gasteiger partial charge on any atom is 0.0936 e. The largest absolute Gasteiger partial charge is 0.385 e. The van der Waals surface area contributed by atoms with Gasteiger partial charge in [-0.05, 0) is 74.1 Å². The average Bonchev–Trinajstić information content (AvgIpc) is 2.91. The number of unbranched alkanes of at least 4 members (excludes halogenated alkanes) is 1. The molecule has 2 aromatic rings. The molecule has 0 aliphatic heterocycles.